The van der Waals surface area contributed by atoms with Crippen molar-refractivity contribution in [1.82, 2.24) is 15.5 Å². The third-order valence-electron chi connectivity index (χ3n) is 4.91. The van der Waals surface area contributed by atoms with Gasteiger partial charge in [0.15, 0.2) is 0 Å². The number of rotatable bonds is 8. The van der Waals surface area contributed by atoms with Gasteiger partial charge < -0.3 is 15.5 Å². The molecule has 0 aliphatic carbocycles. The Morgan fingerprint density at radius 3 is 2.56 bits per heavy atom. The minimum Gasteiger partial charge on any atom is -0.338 e. The molecular weight excluding hydrogens is 310 g/mol. The monoisotopic (exact) mass is 345 g/mol. The Bertz CT molecular complexity index is 522. The lowest BCUT2D eigenvalue weighted by molar-refractivity contribution is 0.139. The zero-order valence-corrected chi connectivity index (χ0v) is 16.2. The van der Waals surface area contributed by atoms with E-state index in [1.807, 2.05) is 0 Å². The molecule has 4 heteroatoms. The van der Waals surface area contributed by atoms with Gasteiger partial charge in [-0.2, -0.15) is 0 Å². The van der Waals surface area contributed by atoms with Crippen molar-refractivity contribution >= 4 is 6.03 Å². The van der Waals surface area contributed by atoms with Crippen LogP contribution in [-0.4, -0.2) is 43.7 Å². The number of likely N-dealkylation sites (tertiary alicyclic amines) is 1. The summed E-state index contributed by atoms with van der Waals surface area (Å²) in [5, 5.41) is 5.91. The number of benzene rings is 1. The first-order valence-corrected chi connectivity index (χ1v) is 9.82. The van der Waals surface area contributed by atoms with Gasteiger partial charge in [-0.3, -0.25) is 0 Å². The van der Waals surface area contributed by atoms with E-state index in [1.54, 1.807) is 0 Å². The lowest BCUT2D eigenvalue weighted by Gasteiger charge is -2.34. The van der Waals surface area contributed by atoms with Gasteiger partial charge in [-0.05, 0) is 56.6 Å². The molecule has 2 amide bonds. The minimum absolute atomic E-state index is 0.0483. The summed E-state index contributed by atoms with van der Waals surface area (Å²) >= 11 is 0. The molecule has 140 valence electrons. The predicted octanol–water partition coefficient (Wildman–Crippen LogP) is 3.59. The topological polar surface area (TPSA) is 44.4 Å². The van der Waals surface area contributed by atoms with Crippen molar-refractivity contribution in [3.63, 3.8) is 0 Å². The second-order valence-corrected chi connectivity index (χ2v) is 7.83. The molecule has 1 saturated heterocycles. The lowest BCUT2D eigenvalue weighted by atomic mass is 9.92. The molecule has 2 N–H and O–H groups in total. The van der Waals surface area contributed by atoms with Gasteiger partial charge in [-0.15, -0.1) is 0 Å². The maximum absolute atomic E-state index is 11.8. The molecular formula is C21H35N3O. The Balaban J connectivity index is 1.49. The van der Waals surface area contributed by atoms with Gasteiger partial charge in [0.25, 0.3) is 0 Å². The van der Waals surface area contributed by atoms with Crippen LogP contribution in [-0.2, 0) is 6.42 Å². The predicted molar refractivity (Wildman–Crippen MR) is 105 cm³/mol. The molecule has 1 aliphatic heterocycles. The summed E-state index contributed by atoms with van der Waals surface area (Å²) in [7, 11) is 0. The zero-order valence-electron chi connectivity index (χ0n) is 16.2. The van der Waals surface area contributed by atoms with E-state index in [0.717, 1.165) is 44.2 Å². The molecule has 2 rings (SSSR count). The van der Waals surface area contributed by atoms with Crippen LogP contribution in [0.5, 0.6) is 0 Å². The number of nitrogens with zero attached hydrogens (tertiary/aromatic N) is 1. The highest BCUT2D eigenvalue weighted by atomic mass is 16.2. The molecule has 0 radical (unpaired) electrons. The third-order valence-corrected chi connectivity index (χ3v) is 4.91. The molecule has 0 saturated carbocycles. The van der Waals surface area contributed by atoms with Crippen LogP contribution in [0.2, 0.25) is 0 Å². The van der Waals surface area contributed by atoms with Crippen molar-refractivity contribution in [1.29, 1.82) is 0 Å². The Morgan fingerprint density at radius 2 is 1.84 bits per heavy atom. The number of hydrogen-bond donors (Lipinski definition) is 2. The molecule has 1 fully saturated rings. The van der Waals surface area contributed by atoms with Crippen molar-refractivity contribution < 1.29 is 4.79 Å². The fraction of sp³-hybridized carbons (Fsp3) is 0.667. The number of piperidine rings is 1. The summed E-state index contributed by atoms with van der Waals surface area (Å²) in [6.45, 7) is 11.9. The minimum atomic E-state index is -0.0483. The fourth-order valence-corrected chi connectivity index (χ4v) is 3.89. The second kappa shape index (κ2) is 10.4. The summed E-state index contributed by atoms with van der Waals surface area (Å²) in [4.78, 5) is 14.4. The van der Waals surface area contributed by atoms with Gasteiger partial charge in [0.1, 0.15) is 0 Å². The van der Waals surface area contributed by atoms with E-state index in [0.29, 0.717) is 6.54 Å². The highest BCUT2D eigenvalue weighted by Crippen LogP contribution is 2.20. The van der Waals surface area contributed by atoms with E-state index >= 15 is 0 Å². The van der Waals surface area contributed by atoms with Gasteiger partial charge in [-0.25, -0.2) is 4.79 Å². The van der Waals surface area contributed by atoms with Crippen molar-refractivity contribution in [2.24, 2.45) is 11.8 Å². The third kappa shape index (κ3) is 7.91. The number of carbonyl (C=O) groups is 1. The molecule has 1 aromatic rings. The van der Waals surface area contributed by atoms with Gasteiger partial charge in [0.2, 0.25) is 0 Å². The summed E-state index contributed by atoms with van der Waals surface area (Å²) in [5.41, 5.74) is 2.53. The summed E-state index contributed by atoms with van der Waals surface area (Å²) < 4.78 is 0. The summed E-state index contributed by atoms with van der Waals surface area (Å²) in [6.07, 6.45) is 4.44. The van der Waals surface area contributed by atoms with Gasteiger partial charge in [0.05, 0.1) is 0 Å². The van der Waals surface area contributed by atoms with Crippen molar-refractivity contribution in [3.05, 3.63) is 35.4 Å². The molecule has 0 spiro atoms. The maximum atomic E-state index is 11.8. The first-order valence-electron chi connectivity index (χ1n) is 9.82. The van der Waals surface area contributed by atoms with E-state index in [-0.39, 0.29) is 6.03 Å². The number of hydrogen-bond acceptors (Lipinski definition) is 2. The SMILES string of the molecule is Cc1cccc(CCNC(=O)NCCCCN2C[C@H](C)C[C@H](C)C2)c1. The Kier molecular flexibility index (Phi) is 8.26. The Hall–Kier alpha value is -1.55. The lowest BCUT2D eigenvalue weighted by Crippen LogP contribution is -2.40. The Labute approximate surface area is 153 Å². The van der Waals surface area contributed by atoms with E-state index < -0.39 is 0 Å². The summed E-state index contributed by atoms with van der Waals surface area (Å²) in [6, 6.07) is 8.38. The van der Waals surface area contributed by atoms with Crippen LogP contribution in [0.4, 0.5) is 4.79 Å². The number of amides is 2. The molecule has 0 aromatic heterocycles. The van der Waals surface area contributed by atoms with Crippen LogP contribution in [0.15, 0.2) is 24.3 Å². The number of urea groups is 1. The summed E-state index contributed by atoms with van der Waals surface area (Å²) in [5.74, 6) is 1.64. The highest BCUT2D eigenvalue weighted by molar-refractivity contribution is 5.73. The van der Waals surface area contributed by atoms with Gasteiger partial charge in [-0.1, -0.05) is 43.7 Å². The second-order valence-electron chi connectivity index (χ2n) is 7.83. The zero-order chi connectivity index (χ0) is 18.1. The molecule has 0 bridgehead atoms. The van der Waals surface area contributed by atoms with Crippen LogP contribution >= 0.6 is 0 Å². The number of carbonyl (C=O) groups excluding carboxylic acids is 1. The maximum Gasteiger partial charge on any atom is 0.314 e. The largest absolute Gasteiger partial charge is 0.338 e. The van der Waals surface area contributed by atoms with Crippen LogP contribution < -0.4 is 10.6 Å². The van der Waals surface area contributed by atoms with Crippen molar-refractivity contribution in [2.75, 3.05) is 32.7 Å². The van der Waals surface area contributed by atoms with Crippen molar-refractivity contribution in [2.45, 2.75) is 46.5 Å². The molecule has 4 nitrogen and oxygen atoms in total. The number of nitrogens with one attached hydrogen (secondary N) is 2. The van der Waals surface area contributed by atoms with Crippen LogP contribution in [0.3, 0.4) is 0 Å². The van der Waals surface area contributed by atoms with Crippen LogP contribution in [0.25, 0.3) is 0 Å². The molecule has 0 unspecified atom stereocenters. The average Bonchev–Trinajstić information content (AvgIpc) is 2.54. The number of unbranched alkanes of at least 4 members (excludes halogenated alkanes) is 1. The molecule has 1 heterocycles. The smallest absolute Gasteiger partial charge is 0.314 e. The van der Waals surface area contributed by atoms with Gasteiger partial charge >= 0.3 is 6.03 Å². The average molecular weight is 346 g/mol. The van der Waals surface area contributed by atoms with Crippen molar-refractivity contribution in [3.8, 4) is 0 Å². The van der Waals surface area contributed by atoms with Crippen LogP contribution in [0, 0.1) is 18.8 Å². The standard InChI is InChI=1S/C21H35N3O/c1-17-7-6-8-20(14-17)9-11-23-21(25)22-10-4-5-12-24-15-18(2)13-19(3)16-24/h6-8,14,18-19H,4-5,9-13,15-16H2,1-3H3,(H2,22,23,25)/t18-,19+. The fourth-order valence-electron chi connectivity index (χ4n) is 3.89. The van der Waals surface area contributed by atoms with Crippen LogP contribution in [0.1, 0.15) is 44.2 Å². The molecule has 2 atom stereocenters. The number of aryl methyl sites for hydroxylation is 1. The van der Waals surface area contributed by atoms with E-state index in [9.17, 15) is 4.79 Å². The highest BCUT2D eigenvalue weighted by Gasteiger charge is 2.20. The first kappa shape index (κ1) is 19.8. The van der Waals surface area contributed by atoms with E-state index in [4.69, 9.17) is 0 Å². The van der Waals surface area contributed by atoms with Gasteiger partial charge in [0, 0.05) is 26.2 Å². The molecule has 25 heavy (non-hydrogen) atoms. The molecule has 1 aromatic carbocycles. The van der Waals surface area contributed by atoms with E-state index in [1.165, 1.54) is 30.6 Å². The quantitative estimate of drug-likeness (QED) is 0.707. The molecule has 1 aliphatic rings. The Morgan fingerprint density at radius 1 is 1.12 bits per heavy atom. The van der Waals surface area contributed by atoms with E-state index in [2.05, 4.69) is 60.6 Å². The normalized spacial score (nSPS) is 21.1. The first-order chi connectivity index (χ1) is 12.0.